The SMILES string of the molecule is Cc1cccc(OC[C@@H](O)Cn2c([C@@H]3CC(=O)N(c4ccccc4C)C3)nc3ccccc32)c1. The fourth-order valence-corrected chi connectivity index (χ4v) is 4.74. The van der Waals surface area contributed by atoms with Crippen molar-refractivity contribution < 1.29 is 14.6 Å². The van der Waals surface area contributed by atoms with Gasteiger partial charge in [0.2, 0.25) is 5.91 Å². The molecule has 6 heteroatoms. The van der Waals surface area contributed by atoms with Crippen molar-refractivity contribution in [2.45, 2.75) is 38.8 Å². The molecule has 34 heavy (non-hydrogen) atoms. The molecule has 0 bridgehead atoms. The van der Waals surface area contributed by atoms with Gasteiger partial charge in [-0.3, -0.25) is 4.79 Å². The molecule has 6 nitrogen and oxygen atoms in total. The monoisotopic (exact) mass is 455 g/mol. The number of amides is 1. The Labute approximate surface area is 199 Å². The molecule has 174 valence electrons. The summed E-state index contributed by atoms with van der Waals surface area (Å²) in [7, 11) is 0. The van der Waals surface area contributed by atoms with Crippen LogP contribution in [0.4, 0.5) is 5.69 Å². The summed E-state index contributed by atoms with van der Waals surface area (Å²) in [6.07, 6.45) is -0.325. The van der Waals surface area contributed by atoms with Crippen LogP contribution >= 0.6 is 0 Å². The zero-order chi connectivity index (χ0) is 23.7. The molecule has 1 saturated heterocycles. The van der Waals surface area contributed by atoms with Crippen molar-refractivity contribution in [1.82, 2.24) is 9.55 Å². The largest absolute Gasteiger partial charge is 0.491 e. The second-order valence-electron chi connectivity index (χ2n) is 9.04. The highest BCUT2D eigenvalue weighted by atomic mass is 16.5. The van der Waals surface area contributed by atoms with Crippen molar-refractivity contribution in [1.29, 1.82) is 0 Å². The molecule has 4 aromatic rings. The van der Waals surface area contributed by atoms with E-state index >= 15 is 0 Å². The predicted octanol–water partition coefficient (Wildman–Crippen LogP) is 4.61. The zero-order valence-corrected chi connectivity index (χ0v) is 19.5. The molecule has 0 spiro atoms. The molecule has 3 aromatic carbocycles. The molecule has 1 aliphatic heterocycles. The van der Waals surface area contributed by atoms with Crippen LogP contribution in [-0.4, -0.2) is 39.8 Å². The highest BCUT2D eigenvalue weighted by molar-refractivity contribution is 5.97. The number of imidazole rings is 1. The number of hydrogen-bond donors (Lipinski definition) is 1. The molecule has 2 heterocycles. The van der Waals surface area contributed by atoms with Gasteiger partial charge in [0.05, 0.1) is 17.6 Å². The number of aromatic nitrogens is 2. The lowest BCUT2D eigenvalue weighted by atomic mass is 10.1. The van der Waals surface area contributed by atoms with Gasteiger partial charge in [0.1, 0.15) is 24.3 Å². The Morgan fingerprint density at radius 3 is 2.68 bits per heavy atom. The number of hydrogen-bond acceptors (Lipinski definition) is 4. The van der Waals surface area contributed by atoms with Gasteiger partial charge in [-0.25, -0.2) is 4.98 Å². The number of aliphatic hydroxyl groups excluding tert-OH is 1. The van der Waals surface area contributed by atoms with Crippen LogP contribution in [0.15, 0.2) is 72.8 Å². The summed E-state index contributed by atoms with van der Waals surface area (Å²) in [5.41, 5.74) is 4.96. The Bertz CT molecular complexity index is 1330. The van der Waals surface area contributed by atoms with E-state index in [9.17, 15) is 9.90 Å². The van der Waals surface area contributed by atoms with Gasteiger partial charge in [-0.2, -0.15) is 0 Å². The number of anilines is 1. The van der Waals surface area contributed by atoms with Crippen LogP contribution < -0.4 is 9.64 Å². The van der Waals surface area contributed by atoms with Crippen LogP contribution in [0.25, 0.3) is 11.0 Å². The highest BCUT2D eigenvalue weighted by Crippen LogP contribution is 2.34. The van der Waals surface area contributed by atoms with Crippen LogP contribution in [0.1, 0.15) is 29.3 Å². The zero-order valence-electron chi connectivity index (χ0n) is 19.5. The van der Waals surface area contributed by atoms with E-state index in [1.807, 2.05) is 91.5 Å². The third kappa shape index (κ3) is 4.41. The van der Waals surface area contributed by atoms with E-state index in [0.29, 0.717) is 19.5 Å². The molecule has 1 aromatic heterocycles. The van der Waals surface area contributed by atoms with E-state index in [-0.39, 0.29) is 18.4 Å². The number of aliphatic hydroxyl groups is 1. The van der Waals surface area contributed by atoms with E-state index in [1.165, 1.54) is 0 Å². The second kappa shape index (κ2) is 9.31. The molecule has 1 N–H and O–H groups in total. The number of rotatable bonds is 7. The van der Waals surface area contributed by atoms with Crippen molar-refractivity contribution in [3.8, 4) is 5.75 Å². The van der Waals surface area contributed by atoms with Gasteiger partial charge in [-0.1, -0.05) is 42.5 Å². The maximum absolute atomic E-state index is 13.0. The molecular weight excluding hydrogens is 426 g/mol. The summed E-state index contributed by atoms with van der Waals surface area (Å²) >= 11 is 0. The van der Waals surface area contributed by atoms with Gasteiger partial charge < -0.3 is 19.3 Å². The first-order valence-corrected chi connectivity index (χ1v) is 11.7. The summed E-state index contributed by atoms with van der Waals surface area (Å²) in [4.78, 5) is 19.7. The van der Waals surface area contributed by atoms with Crippen molar-refractivity contribution in [3.05, 3.63) is 89.7 Å². The number of carbonyl (C=O) groups excluding carboxylic acids is 1. The minimum atomic E-state index is -0.721. The molecule has 1 aliphatic rings. The molecule has 0 aliphatic carbocycles. The summed E-state index contributed by atoms with van der Waals surface area (Å²) in [5.74, 6) is 1.62. The first kappa shape index (κ1) is 22.2. The van der Waals surface area contributed by atoms with Crippen LogP contribution in [-0.2, 0) is 11.3 Å². The Morgan fingerprint density at radius 1 is 1.06 bits per heavy atom. The van der Waals surface area contributed by atoms with Gasteiger partial charge in [-0.15, -0.1) is 0 Å². The number of ether oxygens (including phenoxy) is 1. The van der Waals surface area contributed by atoms with E-state index in [1.54, 1.807) is 0 Å². The molecule has 0 saturated carbocycles. The van der Waals surface area contributed by atoms with Gasteiger partial charge in [0, 0.05) is 24.6 Å². The first-order valence-electron chi connectivity index (χ1n) is 11.7. The Morgan fingerprint density at radius 2 is 1.85 bits per heavy atom. The molecule has 0 radical (unpaired) electrons. The van der Waals surface area contributed by atoms with Crippen molar-refractivity contribution >= 4 is 22.6 Å². The van der Waals surface area contributed by atoms with E-state index in [2.05, 4.69) is 4.57 Å². The molecule has 5 rings (SSSR count). The lowest BCUT2D eigenvalue weighted by molar-refractivity contribution is -0.117. The first-order chi connectivity index (χ1) is 16.5. The number of aryl methyl sites for hydroxylation is 2. The van der Waals surface area contributed by atoms with Crippen molar-refractivity contribution in [3.63, 3.8) is 0 Å². The summed E-state index contributed by atoms with van der Waals surface area (Å²) in [6, 6.07) is 23.7. The lowest BCUT2D eigenvalue weighted by Crippen LogP contribution is -2.27. The number of fused-ring (bicyclic) bond motifs is 1. The number of nitrogens with zero attached hydrogens (tertiary/aromatic N) is 3. The fraction of sp³-hybridized carbons (Fsp3) is 0.286. The maximum atomic E-state index is 13.0. The van der Waals surface area contributed by atoms with Gasteiger partial charge >= 0.3 is 0 Å². The Hall–Kier alpha value is -3.64. The maximum Gasteiger partial charge on any atom is 0.227 e. The van der Waals surface area contributed by atoms with Crippen LogP contribution in [0.5, 0.6) is 5.75 Å². The summed E-state index contributed by atoms with van der Waals surface area (Å²) in [6.45, 7) is 5.13. The standard InChI is InChI=1S/C28H29N3O3/c1-19-8-7-10-23(14-19)34-18-22(32)17-31-26-13-6-4-11-24(26)29-28(31)21-15-27(33)30(16-21)25-12-5-3-9-20(25)2/h3-14,21-22,32H,15-18H2,1-2H3/t21-,22+/m1/s1. The highest BCUT2D eigenvalue weighted by Gasteiger charge is 2.35. The quantitative estimate of drug-likeness (QED) is 0.442. The number of benzene rings is 3. The molecule has 2 atom stereocenters. The van der Waals surface area contributed by atoms with Gasteiger partial charge in [-0.05, 0) is 55.3 Å². The van der Waals surface area contributed by atoms with E-state index in [4.69, 9.17) is 9.72 Å². The minimum absolute atomic E-state index is 0.0515. The normalized spacial score (nSPS) is 16.9. The molecule has 0 unspecified atom stereocenters. The Kier molecular flexibility index (Phi) is 6.07. The van der Waals surface area contributed by atoms with Crippen LogP contribution in [0.3, 0.4) is 0 Å². The average molecular weight is 456 g/mol. The smallest absolute Gasteiger partial charge is 0.227 e. The third-order valence-corrected chi connectivity index (χ3v) is 6.41. The van der Waals surface area contributed by atoms with Crippen LogP contribution in [0, 0.1) is 13.8 Å². The molecular formula is C28H29N3O3. The van der Waals surface area contributed by atoms with Gasteiger partial charge in [0.25, 0.3) is 0 Å². The average Bonchev–Trinajstić information content (AvgIpc) is 3.39. The lowest BCUT2D eigenvalue weighted by Gasteiger charge is -2.20. The molecule has 1 fully saturated rings. The third-order valence-electron chi connectivity index (χ3n) is 6.41. The summed E-state index contributed by atoms with van der Waals surface area (Å²) in [5, 5.41) is 10.8. The predicted molar refractivity (Wildman–Crippen MR) is 133 cm³/mol. The molecule has 1 amide bonds. The number of carbonyl (C=O) groups is 1. The van der Waals surface area contributed by atoms with Gasteiger partial charge in [0.15, 0.2) is 0 Å². The van der Waals surface area contributed by atoms with E-state index in [0.717, 1.165) is 39.4 Å². The van der Waals surface area contributed by atoms with Crippen LogP contribution in [0.2, 0.25) is 0 Å². The fourth-order valence-electron chi connectivity index (χ4n) is 4.74. The van der Waals surface area contributed by atoms with E-state index < -0.39 is 6.10 Å². The number of para-hydroxylation sites is 3. The van der Waals surface area contributed by atoms with Crippen molar-refractivity contribution in [2.24, 2.45) is 0 Å². The summed E-state index contributed by atoms with van der Waals surface area (Å²) < 4.78 is 7.89. The van der Waals surface area contributed by atoms with Crippen molar-refractivity contribution in [2.75, 3.05) is 18.1 Å². The topological polar surface area (TPSA) is 67.6 Å². The second-order valence-corrected chi connectivity index (χ2v) is 9.04. The Balaban J connectivity index is 1.39. The minimum Gasteiger partial charge on any atom is -0.491 e.